The second-order valence-electron chi connectivity index (χ2n) is 5.39. The molecule has 2 nitrogen and oxygen atoms in total. The van der Waals surface area contributed by atoms with Crippen LogP contribution in [-0.4, -0.2) is 5.91 Å². The minimum Gasteiger partial charge on any atom is -0.320 e. The molecular formula is C15H21NOS. The third-order valence-corrected chi connectivity index (χ3v) is 4.49. The molecule has 2 aliphatic rings. The standard InChI is InChI=1S/C15H21NOS/c1-10-4-6-13(7-5-10)15(17)16-14-9-11(2)8-12(3)18-14/h8-10,13H,2,4-7H2,1,3H3,(H,16,17). The third-order valence-electron chi connectivity index (χ3n) is 3.61. The quantitative estimate of drug-likeness (QED) is 0.816. The molecule has 0 saturated heterocycles. The van der Waals surface area contributed by atoms with E-state index in [0.29, 0.717) is 0 Å². The minimum absolute atomic E-state index is 0.183. The molecule has 0 radical (unpaired) electrons. The van der Waals surface area contributed by atoms with E-state index in [1.54, 1.807) is 11.8 Å². The van der Waals surface area contributed by atoms with Crippen molar-refractivity contribution >= 4 is 17.7 Å². The molecule has 98 valence electrons. The molecule has 1 fully saturated rings. The maximum Gasteiger partial charge on any atom is 0.227 e. The molecule has 0 aromatic carbocycles. The number of allylic oxidation sites excluding steroid dienone is 4. The van der Waals surface area contributed by atoms with Crippen LogP contribution < -0.4 is 5.32 Å². The van der Waals surface area contributed by atoms with Gasteiger partial charge < -0.3 is 5.32 Å². The zero-order valence-electron chi connectivity index (χ0n) is 11.2. The predicted molar refractivity (Wildman–Crippen MR) is 77.8 cm³/mol. The fourth-order valence-corrected chi connectivity index (χ4v) is 3.43. The van der Waals surface area contributed by atoms with Crippen LogP contribution in [0, 0.1) is 11.8 Å². The summed E-state index contributed by atoms with van der Waals surface area (Å²) in [4.78, 5) is 13.3. The molecule has 1 amide bonds. The van der Waals surface area contributed by atoms with E-state index in [-0.39, 0.29) is 11.8 Å². The maximum absolute atomic E-state index is 12.2. The SMILES string of the molecule is C=C1C=C(C)SC(NC(=O)C2CCC(C)CC2)=C1. The zero-order valence-corrected chi connectivity index (χ0v) is 12.0. The van der Waals surface area contributed by atoms with Gasteiger partial charge in [0.1, 0.15) is 0 Å². The largest absolute Gasteiger partial charge is 0.320 e. The number of hydrogen-bond acceptors (Lipinski definition) is 2. The Morgan fingerprint density at radius 1 is 1.33 bits per heavy atom. The Labute approximate surface area is 114 Å². The summed E-state index contributed by atoms with van der Waals surface area (Å²) < 4.78 is 0. The van der Waals surface area contributed by atoms with E-state index in [1.165, 1.54) is 17.7 Å². The van der Waals surface area contributed by atoms with E-state index in [9.17, 15) is 4.79 Å². The summed E-state index contributed by atoms with van der Waals surface area (Å²) in [5.41, 5.74) is 0.957. The van der Waals surface area contributed by atoms with Crippen LogP contribution in [0.4, 0.5) is 0 Å². The zero-order chi connectivity index (χ0) is 13.1. The summed E-state index contributed by atoms with van der Waals surface area (Å²) in [7, 11) is 0. The average molecular weight is 263 g/mol. The van der Waals surface area contributed by atoms with Gasteiger partial charge in [0.2, 0.25) is 5.91 Å². The van der Waals surface area contributed by atoms with Gasteiger partial charge in [0, 0.05) is 5.92 Å². The summed E-state index contributed by atoms with van der Waals surface area (Å²) in [6, 6.07) is 0. The molecule has 1 aliphatic carbocycles. The number of carbonyl (C=O) groups excluding carboxylic acids is 1. The van der Waals surface area contributed by atoms with Crippen LogP contribution in [-0.2, 0) is 4.79 Å². The van der Waals surface area contributed by atoms with Crippen LogP contribution in [0.15, 0.2) is 34.2 Å². The number of carbonyl (C=O) groups is 1. The van der Waals surface area contributed by atoms with Crippen LogP contribution in [0.25, 0.3) is 0 Å². The van der Waals surface area contributed by atoms with E-state index >= 15 is 0 Å². The van der Waals surface area contributed by atoms with Crippen LogP contribution >= 0.6 is 11.8 Å². The maximum atomic E-state index is 12.2. The fraction of sp³-hybridized carbons (Fsp3) is 0.533. The summed E-state index contributed by atoms with van der Waals surface area (Å²) in [5.74, 6) is 1.16. The smallest absolute Gasteiger partial charge is 0.227 e. The van der Waals surface area contributed by atoms with Crippen molar-refractivity contribution in [3.63, 3.8) is 0 Å². The van der Waals surface area contributed by atoms with Crippen LogP contribution in [0.5, 0.6) is 0 Å². The predicted octanol–water partition coefficient (Wildman–Crippen LogP) is 3.98. The first kappa shape index (κ1) is 13.5. The number of nitrogens with one attached hydrogen (secondary N) is 1. The third kappa shape index (κ3) is 3.52. The van der Waals surface area contributed by atoms with Crippen molar-refractivity contribution in [2.24, 2.45) is 11.8 Å². The van der Waals surface area contributed by atoms with Crippen molar-refractivity contribution in [3.05, 3.63) is 34.2 Å². The lowest BCUT2D eigenvalue weighted by atomic mass is 9.82. The van der Waals surface area contributed by atoms with Crippen molar-refractivity contribution in [1.29, 1.82) is 0 Å². The molecule has 1 heterocycles. The monoisotopic (exact) mass is 263 g/mol. The number of rotatable bonds is 2. The molecule has 3 heteroatoms. The van der Waals surface area contributed by atoms with E-state index in [4.69, 9.17) is 0 Å². The molecular weight excluding hydrogens is 242 g/mol. The van der Waals surface area contributed by atoms with E-state index in [1.807, 2.05) is 19.1 Å². The molecule has 0 aromatic rings. The number of hydrogen-bond donors (Lipinski definition) is 1. The van der Waals surface area contributed by atoms with Gasteiger partial charge in [0.05, 0.1) is 5.03 Å². The van der Waals surface area contributed by atoms with E-state index in [2.05, 4.69) is 18.8 Å². The highest BCUT2D eigenvalue weighted by Crippen LogP contribution is 2.32. The molecule has 1 saturated carbocycles. The minimum atomic E-state index is 0.183. The van der Waals surface area contributed by atoms with E-state index < -0.39 is 0 Å². The van der Waals surface area contributed by atoms with Gasteiger partial charge in [-0.1, -0.05) is 25.3 Å². The molecule has 1 N–H and O–H groups in total. The van der Waals surface area contributed by atoms with Gasteiger partial charge in [-0.3, -0.25) is 4.79 Å². The van der Waals surface area contributed by atoms with Gasteiger partial charge in [0.25, 0.3) is 0 Å². The summed E-state index contributed by atoms with van der Waals surface area (Å²) in [6.45, 7) is 8.24. The average Bonchev–Trinajstić information content (AvgIpc) is 2.28. The molecule has 1 aliphatic heterocycles. The number of amides is 1. The summed E-state index contributed by atoms with van der Waals surface area (Å²) >= 11 is 1.61. The second kappa shape index (κ2) is 5.79. The van der Waals surface area contributed by atoms with Gasteiger partial charge >= 0.3 is 0 Å². The highest BCUT2D eigenvalue weighted by Gasteiger charge is 2.25. The highest BCUT2D eigenvalue weighted by molar-refractivity contribution is 8.06. The molecule has 0 atom stereocenters. The van der Waals surface area contributed by atoms with Gasteiger partial charge in [0.15, 0.2) is 0 Å². The molecule has 2 rings (SSSR count). The normalized spacial score (nSPS) is 28.4. The molecule has 18 heavy (non-hydrogen) atoms. The Morgan fingerprint density at radius 2 is 2.00 bits per heavy atom. The first-order chi connectivity index (χ1) is 8.54. The first-order valence-corrected chi connectivity index (χ1v) is 7.44. The van der Waals surface area contributed by atoms with Gasteiger partial charge in [-0.2, -0.15) is 0 Å². The highest BCUT2D eigenvalue weighted by atomic mass is 32.2. The molecule has 0 unspecified atom stereocenters. The summed E-state index contributed by atoms with van der Waals surface area (Å²) in [6.07, 6.45) is 8.39. The van der Waals surface area contributed by atoms with Crippen LogP contribution in [0.2, 0.25) is 0 Å². The van der Waals surface area contributed by atoms with Crippen molar-refractivity contribution in [2.45, 2.75) is 39.5 Å². The lowest BCUT2D eigenvalue weighted by Crippen LogP contribution is -2.32. The van der Waals surface area contributed by atoms with Gasteiger partial charge in [-0.15, -0.1) is 0 Å². The Balaban J connectivity index is 1.90. The summed E-state index contributed by atoms with van der Waals surface area (Å²) in [5, 5.41) is 3.97. The Bertz CT molecular complexity index is 414. The Kier molecular flexibility index (Phi) is 4.33. The van der Waals surface area contributed by atoms with Crippen molar-refractivity contribution in [2.75, 3.05) is 0 Å². The van der Waals surface area contributed by atoms with Gasteiger partial charge in [-0.25, -0.2) is 0 Å². The van der Waals surface area contributed by atoms with Crippen molar-refractivity contribution in [1.82, 2.24) is 5.32 Å². The molecule has 0 spiro atoms. The topological polar surface area (TPSA) is 29.1 Å². The number of thioether (sulfide) groups is 1. The second-order valence-corrected chi connectivity index (χ2v) is 6.67. The van der Waals surface area contributed by atoms with Crippen LogP contribution in [0.1, 0.15) is 39.5 Å². The Morgan fingerprint density at radius 3 is 2.61 bits per heavy atom. The van der Waals surface area contributed by atoms with E-state index in [0.717, 1.165) is 29.4 Å². The molecule has 0 bridgehead atoms. The van der Waals surface area contributed by atoms with Gasteiger partial charge in [-0.05, 0) is 61.2 Å². The van der Waals surface area contributed by atoms with Crippen LogP contribution in [0.3, 0.4) is 0 Å². The Hall–Kier alpha value is -0.960. The lowest BCUT2D eigenvalue weighted by Gasteiger charge is -2.26. The van der Waals surface area contributed by atoms with Crippen molar-refractivity contribution < 1.29 is 4.79 Å². The van der Waals surface area contributed by atoms with Crippen molar-refractivity contribution in [3.8, 4) is 0 Å². The fourth-order valence-electron chi connectivity index (χ4n) is 2.51. The first-order valence-electron chi connectivity index (χ1n) is 6.62. The molecule has 0 aromatic heterocycles. The lowest BCUT2D eigenvalue weighted by molar-refractivity contribution is -0.125.